The molecule has 8 nitrogen and oxygen atoms in total. The van der Waals surface area contributed by atoms with Gasteiger partial charge in [0, 0.05) is 0 Å². The molecule has 0 spiro atoms. The minimum Gasteiger partial charge on any atom is -0.298 e. The number of carbonyl (C=O) groups is 1. The first-order valence-electron chi connectivity index (χ1n) is 5.34. The summed E-state index contributed by atoms with van der Waals surface area (Å²) >= 11 is 5.94. The van der Waals surface area contributed by atoms with Gasteiger partial charge in [0.15, 0.2) is 0 Å². The third kappa shape index (κ3) is 2.89. The van der Waals surface area contributed by atoms with E-state index < -0.39 is 15.2 Å². The number of benzene rings is 1. The van der Waals surface area contributed by atoms with Crippen molar-refractivity contribution < 1.29 is 13.2 Å². The lowest BCUT2D eigenvalue weighted by Gasteiger charge is -2.09. The van der Waals surface area contributed by atoms with E-state index in [0.717, 1.165) is 0 Å². The number of H-pyrrole nitrogens is 1. The SMILES string of the molecule is Cc1cccc(Cl)c1NS(=O)(=O)c1n[nH]c(NC=O)n1. The Morgan fingerprint density at radius 2 is 2.15 bits per heavy atom. The van der Waals surface area contributed by atoms with Crippen LogP contribution < -0.4 is 10.0 Å². The number of hydrogen-bond donors (Lipinski definition) is 3. The molecule has 106 valence electrons. The van der Waals surface area contributed by atoms with Gasteiger partial charge in [0.05, 0.1) is 10.7 Å². The number of nitrogens with one attached hydrogen (secondary N) is 3. The largest absolute Gasteiger partial charge is 0.299 e. The van der Waals surface area contributed by atoms with Crippen molar-refractivity contribution in [2.24, 2.45) is 0 Å². The summed E-state index contributed by atoms with van der Waals surface area (Å²) < 4.78 is 26.5. The van der Waals surface area contributed by atoms with Crippen molar-refractivity contribution in [1.82, 2.24) is 15.2 Å². The lowest BCUT2D eigenvalue weighted by atomic mass is 10.2. The van der Waals surface area contributed by atoms with Gasteiger partial charge in [0.2, 0.25) is 12.4 Å². The van der Waals surface area contributed by atoms with Crippen LogP contribution in [0.2, 0.25) is 5.02 Å². The molecule has 0 bridgehead atoms. The lowest BCUT2D eigenvalue weighted by molar-refractivity contribution is -0.105. The minimum atomic E-state index is -4.00. The number of anilines is 2. The molecule has 1 amide bonds. The number of sulfonamides is 1. The molecule has 2 aromatic rings. The standard InChI is InChI=1S/C10H10ClN5O3S/c1-6-3-2-4-7(11)8(6)16-20(18,19)10-13-9(12-5-17)14-15-10/h2-5,16H,1H3,(H2,12,13,14,15,17). The highest BCUT2D eigenvalue weighted by Gasteiger charge is 2.22. The van der Waals surface area contributed by atoms with Crippen LogP contribution in [-0.2, 0) is 14.8 Å². The summed E-state index contributed by atoms with van der Waals surface area (Å²) in [6.45, 7) is 1.71. The van der Waals surface area contributed by atoms with Gasteiger partial charge in [-0.3, -0.25) is 14.8 Å². The van der Waals surface area contributed by atoms with Crippen LogP contribution in [0.5, 0.6) is 0 Å². The summed E-state index contributed by atoms with van der Waals surface area (Å²) in [7, 11) is -4.00. The maximum atomic E-state index is 12.1. The van der Waals surface area contributed by atoms with Crippen molar-refractivity contribution >= 4 is 39.7 Å². The van der Waals surface area contributed by atoms with Crippen molar-refractivity contribution in [3.63, 3.8) is 0 Å². The van der Waals surface area contributed by atoms with Gasteiger partial charge in [-0.1, -0.05) is 23.7 Å². The Labute approximate surface area is 119 Å². The Morgan fingerprint density at radius 1 is 1.40 bits per heavy atom. The molecular weight excluding hydrogens is 306 g/mol. The van der Waals surface area contributed by atoms with Crippen LogP contribution >= 0.6 is 11.6 Å². The molecule has 0 aliphatic heterocycles. The first kappa shape index (κ1) is 14.3. The van der Waals surface area contributed by atoms with Gasteiger partial charge in [0.25, 0.3) is 15.2 Å². The average molecular weight is 316 g/mol. The molecule has 1 aromatic heterocycles. The molecule has 0 fully saturated rings. The fourth-order valence-corrected chi connectivity index (χ4v) is 2.76. The molecule has 0 aliphatic carbocycles. The Balaban J connectivity index is 2.33. The molecule has 0 radical (unpaired) electrons. The summed E-state index contributed by atoms with van der Waals surface area (Å²) in [5, 5.41) is 7.70. The summed E-state index contributed by atoms with van der Waals surface area (Å²) in [4.78, 5) is 13.9. The molecule has 1 heterocycles. The van der Waals surface area contributed by atoms with E-state index in [0.29, 0.717) is 12.0 Å². The zero-order valence-corrected chi connectivity index (χ0v) is 11.8. The zero-order valence-electron chi connectivity index (χ0n) is 10.2. The third-order valence-electron chi connectivity index (χ3n) is 2.36. The highest BCUT2D eigenvalue weighted by molar-refractivity contribution is 7.92. The molecule has 0 saturated heterocycles. The lowest BCUT2D eigenvalue weighted by Crippen LogP contribution is -2.15. The molecule has 3 N–H and O–H groups in total. The Morgan fingerprint density at radius 3 is 2.80 bits per heavy atom. The monoisotopic (exact) mass is 315 g/mol. The number of rotatable bonds is 5. The van der Waals surface area contributed by atoms with Crippen molar-refractivity contribution in [3.8, 4) is 0 Å². The second-order valence-electron chi connectivity index (χ2n) is 3.77. The first-order valence-corrected chi connectivity index (χ1v) is 7.20. The van der Waals surface area contributed by atoms with Crippen LogP contribution in [0.3, 0.4) is 0 Å². The van der Waals surface area contributed by atoms with Gasteiger partial charge in [0.1, 0.15) is 0 Å². The number of aromatic nitrogens is 3. The molecule has 0 aliphatic rings. The fourth-order valence-electron chi connectivity index (χ4n) is 1.43. The quantitative estimate of drug-likeness (QED) is 0.715. The van der Waals surface area contributed by atoms with Crippen molar-refractivity contribution in [2.45, 2.75) is 12.1 Å². The smallest absolute Gasteiger partial charge is 0.298 e. The third-order valence-corrected chi connectivity index (χ3v) is 3.81. The molecule has 0 unspecified atom stereocenters. The van der Waals surface area contributed by atoms with Crippen LogP contribution in [0.15, 0.2) is 23.4 Å². The number of amides is 1. The van der Waals surface area contributed by atoms with Crippen molar-refractivity contribution in [1.29, 1.82) is 0 Å². The van der Waals surface area contributed by atoms with Gasteiger partial charge in [-0.2, -0.15) is 13.4 Å². The number of hydrogen-bond acceptors (Lipinski definition) is 5. The summed E-state index contributed by atoms with van der Waals surface area (Å²) in [5.41, 5.74) is 0.909. The first-order chi connectivity index (χ1) is 9.44. The van der Waals surface area contributed by atoms with E-state index in [1.807, 2.05) is 0 Å². The number of aromatic amines is 1. The highest BCUT2D eigenvalue weighted by atomic mass is 35.5. The van der Waals surface area contributed by atoms with Gasteiger partial charge < -0.3 is 0 Å². The van der Waals surface area contributed by atoms with Crippen LogP contribution in [0.4, 0.5) is 11.6 Å². The van der Waals surface area contributed by atoms with E-state index in [1.54, 1.807) is 25.1 Å². The summed E-state index contributed by atoms with van der Waals surface area (Å²) in [5.74, 6) is -0.0729. The number of halogens is 1. The summed E-state index contributed by atoms with van der Waals surface area (Å²) in [6.07, 6.45) is 0.350. The van der Waals surface area contributed by atoms with Gasteiger partial charge in [-0.15, -0.1) is 5.10 Å². The van der Waals surface area contributed by atoms with E-state index in [-0.39, 0.29) is 16.7 Å². The Bertz CT molecular complexity index is 723. The molecule has 0 atom stereocenters. The zero-order chi connectivity index (χ0) is 14.8. The number of nitrogens with zero attached hydrogens (tertiary/aromatic N) is 2. The molecule has 10 heteroatoms. The molecule has 1 aromatic carbocycles. The van der Waals surface area contributed by atoms with Gasteiger partial charge in [-0.05, 0) is 18.6 Å². The molecule has 2 rings (SSSR count). The number of carbonyl (C=O) groups excluding carboxylic acids is 1. The Kier molecular flexibility index (Phi) is 3.91. The van der Waals surface area contributed by atoms with Crippen molar-refractivity contribution in [2.75, 3.05) is 10.0 Å². The van der Waals surface area contributed by atoms with E-state index in [2.05, 4.69) is 25.2 Å². The van der Waals surface area contributed by atoms with Crippen LogP contribution in [0.1, 0.15) is 5.56 Å². The van der Waals surface area contributed by atoms with Gasteiger partial charge in [-0.25, -0.2) is 5.10 Å². The van der Waals surface area contributed by atoms with E-state index in [1.165, 1.54) is 0 Å². The topological polar surface area (TPSA) is 117 Å². The molecule has 20 heavy (non-hydrogen) atoms. The van der Waals surface area contributed by atoms with Crippen LogP contribution in [0, 0.1) is 6.92 Å². The van der Waals surface area contributed by atoms with Crippen molar-refractivity contribution in [3.05, 3.63) is 28.8 Å². The minimum absolute atomic E-state index is 0.0729. The normalized spacial score (nSPS) is 11.1. The highest BCUT2D eigenvalue weighted by Crippen LogP contribution is 2.27. The second-order valence-corrected chi connectivity index (χ2v) is 5.75. The van der Waals surface area contributed by atoms with E-state index in [9.17, 15) is 13.2 Å². The predicted octanol–water partition coefficient (Wildman–Crippen LogP) is 1.14. The number of aryl methyl sites for hydroxylation is 1. The van der Waals surface area contributed by atoms with Crippen LogP contribution in [-0.4, -0.2) is 30.0 Å². The average Bonchev–Trinajstić information content (AvgIpc) is 2.84. The van der Waals surface area contributed by atoms with E-state index in [4.69, 9.17) is 11.6 Å². The summed E-state index contributed by atoms with van der Waals surface area (Å²) in [6, 6.07) is 4.97. The Hall–Kier alpha value is -2.13. The number of para-hydroxylation sites is 1. The maximum Gasteiger partial charge on any atom is 0.299 e. The predicted molar refractivity (Wildman–Crippen MR) is 73.1 cm³/mol. The van der Waals surface area contributed by atoms with Crippen LogP contribution in [0.25, 0.3) is 0 Å². The molecule has 0 saturated carbocycles. The van der Waals surface area contributed by atoms with E-state index >= 15 is 0 Å². The fraction of sp³-hybridized carbons (Fsp3) is 0.100. The second kappa shape index (κ2) is 5.47. The maximum absolute atomic E-state index is 12.1. The molecular formula is C10H10ClN5O3S. The van der Waals surface area contributed by atoms with Gasteiger partial charge >= 0.3 is 0 Å².